The number of hydrogen-bond acceptors (Lipinski definition) is 4. The molecule has 2 heterocycles. The van der Waals surface area contributed by atoms with Gasteiger partial charge in [0, 0.05) is 12.1 Å². The number of carbonyl (C=O) groups is 1. The maximum atomic E-state index is 12.0. The van der Waals surface area contributed by atoms with Gasteiger partial charge in [0.05, 0.1) is 11.9 Å². The summed E-state index contributed by atoms with van der Waals surface area (Å²) < 4.78 is 0. The van der Waals surface area contributed by atoms with E-state index in [0.29, 0.717) is 5.82 Å². The Morgan fingerprint density at radius 1 is 1.41 bits per heavy atom. The molecule has 0 saturated carbocycles. The number of anilines is 1. The van der Waals surface area contributed by atoms with Gasteiger partial charge in [-0.15, -0.1) is 0 Å². The van der Waals surface area contributed by atoms with E-state index in [0.717, 1.165) is 31.6 Å². The number of aromatic nitrogens is 2. The third kappa shape index (κ3) is 3.23. The smallest absolute Gasteiger partial charge is 0.228 e. The number of likely N-dealkylation sites (tertiary alicyclic amines) is 1. The van der Waals surface area contributed by atoms with E-state index in [1.165, 1.54) is 0 Å². The van der Waals surface area contributed by atoms with Gasteiger partial charge in [0.25, 0.3) is 0 Å². The fourth-order valence-electron chi connectivity index (χ4n) is 2.02. The Morgan fingerprint density at radius 3 is 2.76 bits per heavy atom. The number of nitrogens with one attached hydrogen (secondary N) is 1. The molecular weight excluding hydrogens is 216 g/mol. The van der Waals surface area contributed by atoms with Gasteiger partial charge in [-0.1, -0.05) is 0 Å². The van der Waals surface area contributed by atoms with E-state index in [1.807, 2.05) is 6.92 Å². The number of piperidine rings is 1. The zero-order valence-corrected chi connectivity index (χ0v) is 10.3. The SMILES string of the molecule is Cc1cncc(NC(=O)C2CCN(C)CC2)n1. The van der Waals surface area contributed by atoms with Gasteiger partial charge in [-0.25, -0.2) is 4.98 Å². The van der Waals surface area contributed by atoms with Crippen molar-refractivity contribution in [3.63, 3.8) is 0 Å². The normalized spacial score (nSPS) is 18.0. The van der Waals surface area contributed by atoms with Crippen LogP contribution in [-0.4, -0.2) is 40.9 Å². The summed E-state index contributed by atoms with van der Waals surface area (Å²) in [5.41, 5.74) is 0.811. The van der Waals surface area contributed by atoms with Crippen LogP contribution in [0.5, 0.6) is 0 Å². The minimum Gasteiger partial charge on any atom is -0.309 e. The largest absolute Gasteiger partial charge is 0.309 e. The van der Waals surface area contributed by atoms with Crippen molar-refractivity contribution in [1.29, 1.82) is 0 Å². The molecule has 92 valence electrons. The van der Waals surface area contributed by atoms with Gasteiger partial charge >= 0.3 is 0 Å². The Hall–Kier alpha value is -1.49. The van der Waals surface area contributed by atoms with E-state index in [4.69, 9.17) is 0 Å². The van der Waals surface area contributed by atoms with Crippen molar-refractivity contribution in [3.8, 4) is 0 Å². The average molecular weight is 234 g/mol. The van der Waals surface area contributed by atoms with E-state index < -0.39 is 0 Å². The highest BCUT2D eigenvalue weighted by Crippen LogP contribution is 2.17. The topological polar surface area (TPSA) is 58.1 Å². The highest BCUT2D eigenvalue weighted by atomic mass is 16.1. The minimum absolute atomic E-state index is 0.0676. The van der Waals surface area contributed by atoms with Crippen molar-refractivity contribution in [1.82, 2.24) is 14.9 Å². The molecule has 0 atom stereocenters. The summed E-state index contributed by atoms with van der Waals surface area (Å²) in [7, 11) is 2.08. The van der Waals surface area contributed by atoms with Crippen LogP contribution >= 0.6 is 0 Å². The molecule has 17 heavy (non-hydrogen) atoms. The Balaban J connectivity index is 1.93. The molecule has 0 spiro atoms. The van der Waals surface area contributed by atoms with Crippen LogP contribution in [0.25, 0.3) is 0 Å². The zero-order chi connectivity index (χ0) is 12.3. The lowest BCUT2D eigenvalue weighted by atomic mass is 9.96. The summed E-state index contributed by atoms with van der Waals surface area (Å²) in [4.78, 5) is 22.5. The Bertz CT molecular complexity index is 399. The van der Waals surface area contributed by atoms with Crippen molar-refractivity contribution in [2.75, 3.05) is 25.5 Å². The maximum Gasteiger partial charge on any atom is 0.228 e. The van der Waals surface area contributed by atoms with Crippen molar-refractivity contribution in [2.24, 2.45) is 5.92 Å². The van der Waals surface area contributed by atoms with Crippen LogP contribution in [0.3, 0.4) is 0 Å². The van der Waals surface area contributed by atoms with E-state index in [-0.39, 0.29) is 11.8 Å². The first-order valence-corrected chi connectivity index (χ1v) is 5.93. The number of nitrogens with zero attached hydrogens (tertiary/aromatic N) is 3. The van der Waals surface area contributed by atoms with Crippen LogP contribution in [0.1, 0.15) is 18.5 Å². The fourth-order valence-corrected chi connectivity index (χ4v) is 2.02. The molecule has 1 aliphatic rings. The van der Waals surface area contributed by atoms with Crippen molar-refractivity contribution < 1.29 is 4.79 Å². The van der Waals surface area contributed by atoms with E-state index in [2.05, 4.69) is 27.2 Å². The predicted molar refractivity (Wildman–Crippen MR) is 65.6 cm³/mol. The number of carbonyl (C=O) groups excluding carboxylic acids is 1. The second-order valence-electron chi connectivity index (χ2n) is 4.61. The summed E-state index contributed by atoms with van der Waals surface area (Å²) >= 11 is 0. The molecule has 1 saturated heterocycles. The van der Waals surface area contributed by atoms with Gasteiger partial charge < -0.3 is 10.2 Å². The lowest BCUT2D eigenvalue weighted by Gasteiger charge is -2.27. The highest BCUT2D eigenvalue weighted by molar-refractivity contribution is 5.91. The van der Waals surface area contributed by atoms with Crippen LogP contribution in [0, 0.1) is 12.8 Å². The number of aryl methyl sites for hydroxylation is 1. The van der Waals surface area contributed by atoms with Gasteiger partial charge in [0.15, 0.2) is 5.82 Å². The molecule has 0 unspecified atom stereocenters. The second kappa shape index (κ2) is 5.23. The molecule has 5 nitrogen and oxygen atoms in total. The summed E-state index contributed by atoms with van der Waals surface area (Å²) in [6, 6.07) is 0. The minimum atomic E-state index is 0.0676. The molecule has 1 amide bonds. The quantitative estimate of drug-likeness (QED) is 0.831. The molecule has 1 N–H and O–H groups in total. The summed E-state index contributed by atoms with van der Waals surface area (Å²) in [5.74, 6) is 0.723. The first-order valence-electron chi connectivity index (χ1n) is 5.93. The van der Waals surface area contributed by atoms with Crippen molar-refractivity contribution >= 4 is 11.7 Å². The first kappa shape index (κ1) is 12.0. The molecule has 0 aromatic carbocycles. The molecule has 0 radical (unpaired) electrons. The van der Waals surface area contributed by atoms with Crippen LogP contribution in [0.4, 0.5) is 5.82 Å². The van der Waals surface area contributed by atoms with Crippen LogP contribution in [0.2, 0.25) is 0 Å². The van der Waals surface area contributed by atoms with E-state index in [9.17, 15) is 4.79 Å². The molecule has 1 aromatic heterocycles. The molecule has 0 aliphatic carbocycles. The summed E-state index contributed by atoms with van der Waals surface area (Å²) in [6.07, 6.45) is 5.09. The third-order valence-electron chi connectivity index (χ3n) is 3.10. The molecule has 2 rings (SSSR count). The standard InChI is InChI=1S/C12H18N4O/c1-9-7-13-8-11(14-9)15-12(17)10-3-5-16(2)6-4-10/h7-8,10H,3-6H2,1-2H3,(H,14,15,17). The lowest BCUT2D eigenvalue weighted by molar-refractivity contribution is -0.121. The number of hydrogen-bond donors (Lipinski definition) is 1. The number of amides is 1. The van der Waals surface area contributed by atoms with Gasteiger partial charge in [-0.2, -0.15) is 0 Å². The Kier molecular flexibility index (Phi) is 3.68. The highest BCUT2D eigenvalue weighted by Gasteiger charge is 2.23. The average Bonchev–Trinajstić information content (AvgIpc) is 2.29. The van der Waals surface area contributed by atoms with Gasteiger partial charge in [0.1, 0.15) is 0 Å². The molecule has 1 aliphatic heterocycles. The molecule has 1 aromatic rings. The van der Waals surface area contributed by atoms with Crippen LogP contribution < -0.4 is 5.32 Å². The van der Waals surface area contributed by atoms with Gasteiger partial charge in [-0.05, 0) is 39.9 Å². The van der Waals surface area contributed by atoms with Gasteiger partial charge in [0.2, 0.25) is 5.91 Å². The Labute approximate surface area is 101 Å². The second-order valence-corrected chi connectivity index (χ2v) is 4.61. The van der Waals surface area contributed by atoms with Crippen LogP contribution in [-0.2, 0) is 4.79 Å². The fraction of sp³-hybridized carbons (Fsp3) is 0.583. The van der Waals surface area contributed by atoms with Gasteiger partial charge in [-0.3, -0.25) is 9.78 Å². The molecule has 0 bridgehead atoms. The van der Waals surface area contributed by atoms with E-state index >= 15 is 0 Å². The zero-order valence-electron chi connectivity index (χ0n) is 10.3. The maximum absolute atomic E-state index is 12.0. The number of rotatable bonds is 2. The molecule has 1 fully saturated rings. The monoisotopic (exact) mass is 234 g/mol. The molecular formula is C12H18N4O. The predicted octanol–water partition coefficient (Wildman–Crippen LogP) is 1.07. The first-order chi connectivity index (χ1) is 8.15. The molecule has 5 heteroatoms. The van der Waals surface area contributed by atoms with Crippen molar-refractivity contribution in [2.45, 2.75) is 19.8 Å². The Morgan fingerprint density at radius 2 is 2.12 bits per heavy atom. The summed E-state index contributed by atoms with van der Waals surface area (Å²) in [5, 5.41) is 2.84. The lowest BCUT2D eigenvalue weighted by Crippen LogP contribution is -2.36. The third-order valence-corrected chi connectivity index (χ3v) is 3.10. The van der Waals surface area contributed by atoms with E-state index in [1.54, 1.807) is 12.4 Å². The van der Waals surface area contributed by atoms with Crippen molar-refractivity contribution in [3.05, 3.63) is 18.1 Å². The van der Waals surface area contributed by atoms with Crippen LogP contribution in [0.15, 0.2) is 12.4 Å². The summed E-state index contributed by atoms with van der Waals surface area (Å²) in [6.45, 7) is 3.83.